The zero-order chi connectivity index (χ0) is 77.0. The van der Waals surface area contributed by atoms with Gasteiger partial charge in [0.1, 0.15) is 54.6 Å². The second-order valence-electron chi connectivity index (χ2n) is 27.0. The average molecular weight is 1460 g/mol. The summed E-state index contributed by atoms with van der Waals surface area (Å²) >= 11 is 0. The Bertz CT molecular complexity index is 3570. The van der Waals surface area contributed by atoms with E-state index in [4.69, 9.17) is 51.6 Å². The van der Waals surface area contributed by atoms with Gasteiger partial charge in [-0.2, -0.15) is 0 Å². The maximum absolute atomic E-state index is 15.1. The van der Waals surface area contributed by atoms with E-state index in [1.54, 1.807) is 40.1 Å². The number of quaternary nitrogens is 1. The number of hydrogen-bond donors (Lipinski definition) is 25. The molecule has 0 bridgehead atoms. The largest absolute Gasteiger partial charge is 0.361 e. The van der Waals surface area contributed by atoms with Gasteiger partial charge < -0.3 is 74.1 Å². The van der Waals surface area contributed by atoms with Crippen LogP contribution in [0, 0.1) is 17.8 Å². The Kier molecular flexibility index (Phi) is 36.9. The second-order valence-corrected chi connectivity index (χ2v) is 27.0. The molecule has 0 unspecified atom stereocenters. The second kappa shape index (κ2) is 44.7. The van der Waals surface area contributed by atoms with Crippen molar-refractivity contribution in [3.63, 3.8) is 0 Å². The smallest absolute Gasteiger partial charge is 0.338 e. The van der Waals surface area contributed by atoms with Gasteiger partial charge in [-0.1, -0.05) is 84.4 Å². The predicted molar refractivity (Wildman–Crippen MR) is 395 cm³/mol. The lowest BCUT2D eigenvalue weighted by molar-refractivity contribution is -0.460. The van der Waals surface area contributed by atoms with Crippen molar-refractivity contribution in [2.45, 2.75) is 198 Å². The molecule has 0 saturated heterocycles. The van der Waals surface area contributed by atoms with Crippen molar-refractivity contribution >= 4 is 105 Å². The quantitative estimate of drug-likeness (QED) is 0.00845. The van der Waals surface area contributed by atoms with Crippen LogP contribution in [-0.4, -0.2) is 186 Å². The number of carbonyl (C=O) groups is 10. The third kappa shape index (κ3) is 29.8. The molecule has 0 radical (unpaired) electrons. The van der Waals surface area contributed by atoms with Gasteiger partial charge >= 0.3 is 23.8 Å². The number of unbranched alkanes of at least 4 members (excludes halogenated alkanes) is 1. The summed E-state index contributed by atoms with van der Waals surface area (Å²) in [6.07, 6.45) is 7.13. The van der Waals surface area contributed by atoms with Crippen LogP contribution in [0.2, 0.25) is 0 Å². The molecule has 4 aromatic rings. The standard InChI is InChI=1S/C69H113N25O10/c1-7-40(6)56(65(104)92-53(33-41-35-84-47-22-10-8-19-44(41)47)62(101)88-50(25-16-30-82-68(76)77)58(97)86-43(37-95)18-14-28-80-66(72)73)94-60(99)51(26-17-31-83-69(78)79)89-64(103)55(39(4)5)93-63(102)54(34-42-36-85-48-23-11-9-20-45(42)48)91-59(98)49(24-12-13-27-70)87-61(100)52(32-38(2)3)90-57(96)46(71)21-15-29-81-67(74)75/h8-11,19-20,22-23,35-40,43,46,49-56,84-85H,7,12-18,21,24-34,70-71H2,1-6H3,(H,86,97)(H,87,100)(H,88,101)(H,89,103)(H,90,96)(H,91,98)(H,92,104)(H,93,102)(H,94,99)(H4,72,73,80)(H4,74,75,81)(H4,76,77,82)(H4,78,79,83)/p+5/t40-,43-,46-,49-,50-,51-,52-,53-,54-,55-,56-/m0/s1. The summed E-state index contributed by atoms with van der Waals surface area (Å²) < 4.78 is 0. The number of guanidine groups is 4. The van der Waals surface area contributed by atoms with Gasteiger partial charge in [0.15, 0.2) is 0 Å². The van der Waals surface area contributed by atoms with Gasteiger partial charge in [0, 0.05) is 47.0 Å². The van der Waals surface area contributed by atoms with Crippen LogP contribution < -0.4 is 125 Å². The summed E-state index contributed by atoms with van der Waals surface area (Å²) in [7, 11) is 0. The normalized spacial score (nSPS) is 14.4. The lowest BCUT2D eigenvalue weighted by Crippen LogP contribution is -2.78. The molecule has 36 N–H and O–H groups in total. The summed E-state index contributed by atoms with van der Waals surface area (Å²) in [5.74, 6) is -8.13. The van der Waals surface area contributed by atoms with Gasteiger partial charge in [0.05, 0.1) is 44.8 Å². The van der Waals surface area contributed by atoms with Crippen molar-refractivity contribution in [1.29, 1.82) is 0 Å². The van der Waals surface area contributed by atoms with Crippen molar-refractivity contribution in [3.05, 3.63) is 72.1 Å². The maximum atomic E-state index is 15.1. The topological polar surface area (TPSA) is 628 Å². The van der Waals surface area contributed by atoms with Gasteiger partial charge in [-0.05, 0) is 118 Å². The molecule has 0 aliphatic carbocycles. The Labute approximate surface area is 606 Å². The van der Waals surface area contributed by atoms with Crippen LogP contribution >= 0.6 is 0 Å². The van der Waals surface area contributed by atoms with Gasteiger partial charge in [0.2, 0.25) is 53.2 Å². The van der Waals surface area contributed by atoms with Crippen molar-refractivity contribution in [2.75, 3.05) is 32.7 Å². The molecule has 0 aliphatic heterocycles. The number of para-hydroxylation sites is 2. The molecule has 9 amide bonds. The number of benzene rings is 2. The summed E-state index contributed by atoms with van der Waals surface area (Å²) in [5, 5.41) is 26.9. The van der Waals surface area contributed by atoms with Crippen molar-refractivity contribution in [2.24, 2.45) is 69.4 Å². The number of amides is 9. The van der Waals surface area contributed by atoms with Crippen LogP contribution in [0.4, 0.5) is 0 Å². The Hall–Kier alpha value is -10.6. The van der Waals surface area contributed by atoms with Gasteiger partial charge in [-0.15, -0.1) is 0 Å². The third-order valence-corrected chi connectivity index (χ3v) is 17.6. The molecular formula is C69H118N25O10+5. The SMILES string of the molecule is CC[C@H](C)[C@H](NC(=O)[C@H](CCC[NH+]=C(N)N)NC(=O)[C@@H](NC(=O)[C@H](Cc1c[nH]c2ccccc12)NC(=O)[C@H](CCCC[NH3+])NC(=O)[C@H](CC(C)C)NC(=O)[C@@H](N)CCC[NH+]=C(N)N)C(C)C)C(=O)N[C@@H](Cc1c[nH]c2ccccc12)C(=O)N[C@@H](CCC[NH+]=C(N)N)C(=O)N[C@H](C=O)CCC[NH+]=C(N)N. The van der Waals surface area contributed by atoms with E-state index in [-0.39, 0.29) is 107 Å². The predicted octanol–water partition coefficient (Wildman–Crippen LogP) is -11.0. The molecule has 104 heavy (non-hydrogen) atoms. The molecule has 0 aliphatic rings. The zero-order valence-electron chi connectivity index (χ0n) is 61.0. The van der Waals surface area contributed by atoms with Gasteiger partial charge in [-0.25, -0.2) is 0 Å². The molecule has 0 spiro atoms. The van der Waals surface area contributed by atoms with Crippen molar-refractivity contribution in [3.8, 4) is 0 Å². The lowest BCUT2D eigenvalue weighted by atomic mass is 9.96. The highest BCUT2D eigenvalue weighted by Gasteiger charge is 2.38. The highest BCUT2D eigenvalue weighted by atomic mass is 16.2. The van der Waals surface area contributed by atoms with E-state index in [1.807, 2.05) is 62.4 Å². The first kappa shape index (κ1) is 85.8. The Morgan fingerprint density at radius 1 is 0.442 bits per heavy atom. The number of fused-ring (bicyclic) bond motifs is 2. The molecule has 4 rings (SSSR count). The zero-order valence-corrected chi connectivity index (χ0v) is 61.0. The van der Waals surface area contributed by atoms with E-state index >= 15 is 14.4 Å². The molecule has 2 heterocycles. The number of hydrogen-bond acceptors (Lipinski definition) is 11. The highest BCUT2D eigenvalue weighted by molar-refractivity contribution is 5.99. The van der Waals surface area contributed by atoms with Crippen LogP contribution in [0.3, 0.4) is 0 Å². The van der Waals surface area contributed by atoms with Gasteiger partial charge in [0.25, 0.3) is 0 Å². The summed E-state index contributed by atoms with van der Waals surface area (Å²) in [4.78, 5) is 161. The minimum atomic E-state index is -1.40. The first-order valence-electron chi connectivity index (χ1n) is 35.8. The molecule has 574 valence electrons. The number of H-pyrrole nitrogens is 2. The summed E-state index contributed by atoms with van der Waals surface area (Å²) in [5.41, 5.74) is 57.7. The fourth-order valence-electron chi connectivity index (χ4n) is 11.6. The molecule has 35 nitrogen and oxygen atoms in total. The fourth-order valence-corrected chi connectivity index (χ4v) is 11.6. The molecule has 11 atom stereocenters. The lowest BCUT2D eigenvalue weighted by Gasteiger charge is -2.30. The number of nitrogens with one attached hydrogen (secondary N) is 15. The Morgan fingerprint density at radius 2 is 0.808 bits per heavy atom. The first-order chi connectivity index (χ1) is 49.5. The Balaban J connectivity index is 1.70. The first-order valence-corrected chi connectivity index (χ1v) is 35.8. The number of carbonyl (C=O) groups excluding carboxylic acids is 10. The summed E-state index contributed by atoms with van der Waals surface area (Å²) in [6, 6.07) is 2.24. The monoisotopic (exact) mass is 1460 g/mol. The van der Waals surface area contributed by atoms with Crippen molar-refractivity contribution in [1.82, 2.24) is 57.8 Å². The van der Waals surface area contributed by atoms with E-state index < -0.39 is 125 Å². The number of aldehydes is 1. The van der Waals surface area contributed by atoms with E-state index in [0.29, 0.717) is 69.2 Å². The Morgan fingerprint density at radius 3 is 1.26 bits per heavy atom. The minimum Gasteiger partial charge on any atom is -0.361 e. The van der Waals surface area contributed by atoms with E-state index in [0.717, 1.165) is 21.8 Å². The number of rotatable bonds is 48. The van der Waals surface area contributed by atoms with Crippen molar-refractivity contribution < 1.29 is 73.6 Å². The van der Waals surface area contributed by atoms with E-state index in [1.165, 1.54) is 0 Å². The van der Waals surface area contributed by atoms with Crippen LogP contribution in [0.25, 0.3) is 21.8 Å². The van der Waals surface area contributed by atoms with Crippen LogP contribution in [-0.2, 0) is 60.8 Å². The van der Waals surface area contributed by atoms with Crippen LogP contribution in [0.1, 0.15) is 136 Å². The highest BCUT2D eigenvalue weighted by Crippen LogP contribution is 2.22. The summed E-state index contributed by atoms with van der Waals surface area (Å²) in [6.45, 7) is 12.2. The van der Waals surface area contributed by atoms with Gasteiger partial charge in [-0.3, -0.25) is 109 Å². The molecule has 2 aromatic heterocycles. The molecular weight excluding hydrogens is 1340 g/mol. The minimum absolute atomic E-state index is 0.0136. The van der Waals surface area contributed by atoms with E-state index in [9.17, 15) is 33.6 Å². The molecule has 0 saturated carbocycles. The number of nitrogens with two attached hydrogens (primary N) is 9. The molecule has 0 fully saturated rings. The molecule has 2 aromatic carbocycles. The third-order valence-electron chi connectivity index (χ3n) is 17.6. The number of aromatic nitrogens is 2. The van der Waals surface area contributed by atoms with Crippen LogP contribution in [0.5, 0.6) is 0 Å². The molecule has 35 heteroatoms. The fraction of sp³-hybridized carbons (Fsp3) is 0.565. The number of aromatic amines is 2. The average Bonchev–Trinajstić information content (AvgIpc) is 1.61. The maximum Gasteiger partial charge on any atom is 0.338 e. The van der Waals surface area contributed by atoms with E-state index in [2.05, 4.69) is 83.5 Å². The van der Waals surface area contributed by atoms with Crippen LogP contribution in [0.15, 0.2) is 60.9 Å².